The second-order valence-electron chi connectivity index (χ2n) is 6.77. The zero-order valence-electron chi connectivity index (χ0n) is 14.4. The van der Waals surface area contributed by atoms with Gasteiger partial charge in [-0.3, -0.25) is 4.79 Å². The van der Waals surface area contributed by atoms with Crippen molar-refractivity contribution in [2.75, 3.05) is 7.11 Å². The first-order chi connectivity index (χ1) is 12.3. The van der Waals surface area contributed by atoms with E-state index in [9.17, 15) is 23.1 Å². The van der Waals surface area contributed by atoms with Crippen LogP contribution in [0.5, 0.6) is 5.75 Å². The summed E-state index contributed by atoms with van der Waals surface area (Å²) >= 11 is 0. The maximum Gasteiger partial charge on any atom is 0.438 e. The van der Waals surface area contributed by atoms with Gasteiger partial charge in [-0.1, -0.05) is 25.3 Å². The van der Waals surface area contributed by atoms with Gasteiger partial charge in [0.2, 0.25) is 0 Å². The fourth-order valence-corrected chi connectivity index (χ4v) is 3.55. The molecule has 142 valence electrons. The molecular formula is C18H21F3N2O3. The number of hydrazone groups is 1. The van der Waals surface area contributed by atoms with Crippen molar-refractivity contribution in [3.63, 3.8) is 0 Å². The molecule has 0 spiro atoms. The van der Waals surface area contributed by atoms with Crippen LogP contribution in [0.1, 0.15) is 48.9 Å². The molecule has 2 aliphatic rings. The number of ether oxygens (including phenoxy) is 1. The number of rotatable bonds is 3. The van der Waals surface area contributed by atoms with E-state index in [-0.39, 0.29) is 22.2 Å². The van der Waals surface area contributed by atoms with Crippen molar-refractivity contribution >= 4 is 11.6 Å². The summed E-state index contributed by atoms with van der Waals surface area (Å²) in [7, 11) is 1.39. The minimum absolute atomic E-state index is 0.0272. The number of nitrogens with zero attached hydrogens (tertiary/aromatic N) is 2. The molecule has 5 nitrogen and oxygen atoms in total. The first-order valence-electron chi connectivity index (χ1n) is 8.61. The summed E-state index contributed by atoms with van der Waals surface area (Å²) in [6.45, 7) is 0. The van der Waals surface area contributed by atoms with Gasteiger partial charge in [-0.25, -0.2) is 0 Å². The molecule has 1 saturated carbocycles. The van der Waals surface area contributed by atoms with E-state index in [2.05, 4.69) is 5.10 Å². The van der Waals surface area contributed by atoms with Gasteiger partial charge in [-0.15, -0.1) is 0 Å². The Balaban J connectivity index is 1.96. The smallest absolute Gasteiger partial charge is 0.438 e. The van der Waals surface area contributed by atoms with Gasteiger partial charge in [0.25, 0.3) is 11.6 Å². The molecule has 1 aromatic carbocycles. The number of benzene rings is 1. The third kappa shape index (κ3) is 3.30. The van der Waals surface area contributed by atoms with Gasteiger partial charge in [0.05, 0.1) is 7.11 Å². The number of carbonyl (C=O) groups is 1. The Bertz CT molecular complexity index is 714. The Kier molecular flexibility index (Phi) is 4.96. The topological polar surface area (TPSA) is 62.1 Å². The number of carbonyl (C=O) groups excluding carboxylic acids is 1. The Labute approximate surface area is 149 Å². The van der Waals surface area contributed by atoms with Crippen LogP contribution < -0.4 is 4.74 Å². The first-order valence-corrected chi connectivity index (χ1v) is 8.61. The van der Waals surface area contributed by atoms with Crippen LogP contribution in [0.4, 0.5) is 13.2 Å². The fraction of sp³-hybridized carbons (Fsp3) is 0.556. The van der Waals surface area contributed by atoms with E-state index in [1.165, 1.54) is 25.3 Å². The standard InChI is InChI=1S/C18H21F3N2O3/c1-26-14-9-5-8-13(10-14)16(24)23-17(25,18(19,20)21)11-15(22-23)12-6-3-2-4-7-12/h5,8-10,12,25H,2-4,6-7,11H2,1H3/t17-/m0/s1. The van der Waals surface area contributed by atoms with Gasteiger partial charge in [-0.2, -0.15) is 23.3 Å². The highest BCUT2D eigenvalue weighted by atomic mass is 19.4. The predicted octanol–water partition coefficient (Wildman–Crippen LogP) is 3.73. The summed E-state index contributed by atoms with van der Waals surface area (Å²) in [6.07, 6.45) is -1.38. The monoisotopic (exact) mass is 370 g/mol. The van der Waals surface area contributed by atoms with Gasteiger partial charge >= 0.3 is 6.18 Å². The molecule has 8 heteroatoms. The van der Waals surface area contributed by atoms with Crippen LogP contribution in [0.25, 0.3) is 0 Å². The van der Waals surface area contributed by atoms with Gasteiger partial charge in [0, 0.05) is 17.7 Å². The average Bonchev–Trinajstić information content (AvgIpc) is 3.01. The summed E-state index contributed by atoms with van der Waals surface area (Å²) < 4.78 is 45.9. The zero-order valence-corrected chi connectivity index (χ0v) is 14.4. The van der Waals surface area contributed by atoms with Crippen molar-refractivity contribution in [1.29, 1.82) is 0 Å². The molecule has 26 heavy (non-hydrogen) atoms. The molecule has 1 amide bonds. The van der Waals surface area contributed by atoms with E-state index < -0.39 is 24.2 Å². The maximum atomic E-state index is 13.6. The van der Waals surface area contributed by atoms with Gasteiger partial charge in [0.1, 0.15) is 5.75 Å². The van der Waals surface area contributed by atoms with E-state index in [0.29, 0.717) is 5.75 Å². The Morgan fingerprint density at radius 1 is 1.31 bits per heavy atom. The van der Waals surface area contributed by atoms with E-state index in [4.69, 9.17) is 4.74 Å². The molecular weight excluding hydrogens is 349 g/mol. The lowest BCUT2D eigenvalue weighted by atomic mass is 9.83. The Morgan fingerprint density at radius 2 is 2.00 bits per heavy atom. The van der Waals surface area contributed by atoms with Crippen molar-refractivity contribution in [3.8, 4) is 5.75 Å². The van der Waals surface area contributed by atoms with Crippen LogP contribution in [0.3, 0.4) is 0 Å². The molecule has 1 atom stereocenters. The molecule has 0 aromatic heterocycles. The molecule has 0 radical (unpaired) electrons. The lowest BCUT2D eigenvalue weighted by molar-refractivity contribution is -0.297. The number of methoxy groups -OCH3 is 1. The molecule has 3 rings (SSSR count). The Morgan fingerprint density at radius 3 is 2.62 bits per heavy atom. The minimum atomic E-state index is -5.01. The van der Waals surface area contributed by atoms with Crippen molar-refractivity contribution < 1.29 is 27.8 Å². The lowest BCUT2D eigenvalue weighted by Crippen LogP contribution is -2.56. The molecule has 0 saturated heterocycles. The molecule has 1 aliphatic carbocycles. The summed E-state index contributed by atoms with van der Waals surface area (Å²) in [4.78, 5) is 12.7. The summed E-state index contributed by atoms with van der Waals surface area (Å²) in [5, 5.41) is 14.5. The van der Waals surface area contributed by atoms with E-state index in [0.717, 1.165) is 32.1 Å². The number of hydrogen-bond donors (Lipinski definition) is 1. The van der Waals surface area contributed by atoms with Crippen molar-refractivity contribution in [2.45, 2.75) is 50.4 Å². The molecule has 1 heterocycles. The highest BCUT2D eigenvalue weighted by molar-refractivity contribution is 5.99. The normalized spacial score (nSPS) is 24.5. The average molecular weight is 370 g/mol. The second-order valence-corrected chi connectivity index (χ2v) is 6.77. The highest BCUT2D eigenvalue weighted by Crippen LogP contribution is 2.43. The van der Waals surface area contributed by atoms with Crippen molar-refractivity contribution in [2.24, 2.45) is 11.0 Å². The third-order valence-electron chi connectivity index (χ3n) is 5.05. The van der Waals surface area contributed by atoms with E-state index in [1.807, 2.05) is 0 Å². The molecule has 1 fully saturated rings. The van der Waals surface area contributed by atoms with Gasteiger partial charge in [-0.05, 0) is 37.0 Å². The van der Waals surface area contributed by atoms with Crippen LogP contribution in [0.15, 0.2) is 29.4 Å². The van der Waals surface area contributed by atoms with Crippen LogP contribution in [-0.4, -0.2) is 40.7 Å². The van der Waals surface area contributed by atoms with Crippen molar-refractivity contribution in [3.05, 3.63) is 29.8 Å². The molecule has 1 N–H and O–H groups in total. The molecule has 0 bridgehead atoms. The summed E-state index contributed by atoms with van der Waals surface area (Å²) in [5.74, 6) is -0.794. The molecule has 0 unspecified atom stereocenters. The number of hydrogen-bond acceptors (Lipinski definition) is 4. The van der Waals surface area contributed by atoms with E-state index >= 15 is 0 Å². The van der Waals surface area contributed by atoms with E-state index in [1.54, 1.807) is 6.07 Å². The van der Waals surface area contributed by atoms with Crippen LogP contribution in [0.2, 0.25) is 0 Å². The SMILES string of the molecule is COc1cccc(C(=O)N2N=C(C3CCCCC3)C[C@]2(O)C(F)(F)F)c1. The largest absolute Gasteiger partial charge is 0.497 e. The minimum Gasteiger partial charge on any atom is -0.497 e. The second kappa shape index (κ2) is 6.90. The van der Waals surface area contributed by atoms with Crippen molar-refractivity contribution in [1.82, 2.24) is 5.01 Å². The number of halogens is 3. The highest BCUT2D eigenvalue weighted by Gasteiger charge is 2.63. The number of amides is 1. The van der Waals surface area contributed by atoms with Crippen LogP contribution in [-0.2, 0) is 0 Å². The van der Waals surface area contributed by atoms with Crippen LogP contribution >= 0.6 is 0 Å². The molecule has 1 aliphatic heterocycles. The van der Waals surface area contributed by atoms with Gasteiger partial charge in [0.15, 0.2) is 0 Å². The third-order valence-corrected chi connectivity index (χ3v) is 5.05. The lowest BCUT2D eigenvalue weighted by Gasteiger charge is -2.32. The van der Waals surface area contributed by atoms with Crippen LogP contribution in [0, 0.1) is 5.92 Å². The quantitative estimate of drug-likeness (QED) is 0.882. The maximum absolute atomic E-state index is 13.6. The Hall–Kier alpha value is -2.09. The zero-order chi connectivity index (χ0) is 18.9. The number of aliphatic hydroxyl groups is 1. The summed E-state index contributed by atoms with van der Waals surface area (Å²) in [5.41, 5.74) is -3.10. The number of alkyl halides is 3. The molecule has 1 aromatic rings. The van der Waals surface area contributed by atoms with Gasteiger partial charge < -0.3 is 9.84 Å². The summed E-state index contributed by atoms with van der Waals surface area (Å²) in [6, 6.07) is 5.77. The first kappa shape index (κ1) is 18.7. The predicted molar refractivity (Wildman–Crippen MR) is 88.8 cm³/mol. The fourth-order valence-electron chi connectivity index (χ4n) is 3.55.